The van der Waals surface area contributed by atoms with E-state index in [1.54, 1.807) is 0 Å². The van der Waals surface area contributed by atoms with Gasteiger partial charge in [0.05, 0.1) is 14.7 Å². The topological polar surface area (TPSA) is 26.0 Å². The fourth-order valence-corrected chi connectivity index (χ4v) is 2.48. The molecule has 0 spiro atoms. The molecule has 0 fully saturated rings. The number of nitrogen functional groups attached to an aromatic ring is 1. The molecule has 0 aliphatic carbocycles. The lowest BCUT2D eigenvalue weighted by Crippen LogP contribution is -1.73. The number of hydrogen-bond acceptors (Lipinski definition) is 2. The van der Waals surface area contributed by atoms with E-state index in [0.29, 0.717) is 0 Å². The monoisotopic (exact) mass is 197 g/mol. The molecule has 1 nitrogen and oxygen atoms in total. The first-order chi connectivity index (χ1) is 5.66. The summed E-state index contributed by atoms with van der Waals surface area (Å²) >= 11 is 7.56. The van der Waals surface area contributed by atoms with Crippen LogP contribution < -0.4 is 5.73 Å². The number of rotatable bonds is 0. The number of fused-ring (bicyclic) bond motifs is 1. The minimum atomic E-state index is 0.798. The van der Waals surface area contributed by atoms with Crippen LogP contribution in [0.5, 0.6) is 0 Å². The van der Waals surface area contributed by atoms with Gasteiger partial charge in [0.1, 0.15) is 0 Å². The molecule has 1 heterocycles. The lowest BCUT2D eigenvalue weighted by molar-refractivity contribution is 1.51. The van der Waals surface area contributed by atoms with Gasteiger partial charge in [-0.25, -0.2) is 0 Å². The summed E-state index contributed by atoms with van der Waals surface area (Å²) in [4.78, 5) is 0. The van der Waals surface area contributed by atoms with E-state index in [1.165, 1.54) is 16.9 Å². The number of anilines is 1. The fourth-order valence-electron chi connectivity index (χ4n) is 1.27. The molecule has 0 amide bonds. The van der Waals surface area contributed by atoms with Crippen molar-refractivity contribution in [3.05, 3.63) is 28.8 Å². The Labute approximate surface area is 79.8 Å². The Kier molecular flexibility index (Phi) is 1.74. The largest absolute Gasteiger partial charge is 0.391 e. The van der Waals surface area contributed by atoms with E-state index in [2.05, 4.69) is 6.07 Å². The molecule has 0 saturated carbocycles. The zero-order valence-corrected chi connectivity index (χ0v) is 8.17. The molecule has 12 heavy (non-hydrogen) atoms. The van der Waals surface area contributed by atoms with Crippen molar-refractivity contribution in [2.24, 2.45) is 0 Å². The summed E-state index contributed by atoms with van der Waals surface area (Å²) in [6.45, 7) is 2.03. The smallest absolute Gasteiger partial charge is 0.0869 e. The Balaban J connectivity index is 2.88. The van der Waals surface area contributed by atoms with Crippen molar-refractivity contribution in [2.75, 3.05) is 5.73 Å². The van der Waals surface area contributed by atoms with Gasteiger partial charge in [-0.2, -0.15) is 0 Å². The predicted molar refractivity (Wildman–Crippen MR) is 56.0 cm³/mol. The van der Waals surface area contributed by atoms with E-state index in [-0.39, 0.29) is 0 Å². The number of benzene rings is 1. The molecular formula is C9H8ClNS. The first-order valence-electron chi connectivity index (χ1n) is 3.62. The molecule has 2 N–H and O–H groups in total. The molecule has 0 saturated heterocycles. The van der Waals surface area contributed by atoms with Crippen LogP contribution in [0.15, 0.2) is 18.2 Å². The second kappa shape index (κ2) is 2.64. The molecule has 62 valence electrons. The summed E-state index contributed by atoms with van der Waals surface area (Å²) in [6.07, 6.45) is 0. The molecule has 3 heteroatoms. The minimum absolute atomic E-state index is 0.798. The number of nitrogens with two attached hydrogens (primary N) is 1. The van der Waals surface area contributed by atoms with E-state index in [1.807, 2.05) is 19.1 Å². The van der Waals surface area contributed by atoms with E-state index in [9.17, 15) is 0 Å². The van der Waals surface area contributed by atoms with Crippen LogP contribution in [-0.4, -0.2) is 0 Å². The number of thiophene rings is 1. The van der Waals surface area contributed by atoms with Gasteiger partial charge in [0, 0.05) is 0 Å². The minimum Gasteiger partial charge on any atom is -0.391 e. The summed E-state index contributed by atoms with van der Waals surface area (Å²) in [6, 6.07) is 6.01. The maximum atomic E-state index is 6.03. The van der Waals surface area contributed by atoms with Gasteiger partial charge in [0.15, 0.2) is 0 Å². The van der Waals surface area contributed by atoms with Crippen molar-refractivity contribution in [3.63, 3.8) is 0 Å². The normalized spacial score (nSPS) is 10.8. The van der Waals surface area contributed by atoms with Crippen LogP contribution in [0, 0.1) is 6.92 Å². The molecule has 0 aliphatic rings. The van der Waals surface area contributed by atoms with Gasteiger partial charge in [0.2, 0.25) is 0 Å². The third kappa shape index (κ3) is 1.17. The third-order valence-corrected chi connectivity index (χ3v) is 3.16. The first-order valence-corrected chi connectivity index (χ1v) is 4.81. The highest BCUT2D eigenvalue weighted by atomic mass is 35.5. The van der Waals surface area contributed by atoms with Crippen LogP contribution >= 0.6 is 22.9 Å². The van der Waals surface area contributed by atoms with Crippen molar-refractivity contribution in [2.45, 2.75) is 6.92 Å². The number of aryl methyl sites for hydroxylation is 1. The van der Waals surface area contributed by atoms with Crippen molar-refractivity contribution < 1.29 is 0 Å². The van der Waals surface area contributed by atoms with Crippen molar-refractivity contribution in [1.82, 2.24) is 0 Å². The lowest BCUT2D eigenvalue weighted by atomic mass is 10.2. The van der Waals surface area contributed by atoms with Crippen molar-refractivity contribution >= 4 is 38.0 Å². The second-order valence-corrected chi connectivity index (χ2v) is 4.30. The van der Waals surface area contributed by atoms with Crippen LogP contribution in [0.3, 0.4) is 0 Å². The Morgan fingerprint density at radius 1 is 1.33 bits per heavy atom. The van der Waals surface area contributed by atoms with Crippen LogP contribution in [0.1, 0.15) is 5.56 Å². The summed E-state index contributed by atoms with van der Waals surface area (Å²) in [5.41, 5.74) is 6.84. The predicted octanol–water partition coefficient (Wildman–Crippen LogP) is 3.45. The number of halogens is 1. The van der Waals surface area contributed by atoms with Gasteiger partial charge < -0.3 is 5.73 Å². The van der Waals surface area contributed by atoms with Crippen LogP contribution in [0.4, 0.5) is 5.00 Å². The summed E-state index contributed by atoms with van der Waals surface area (Å²) in [7, 11) is 0. The van der Waals surface area contributed by atoms with Gasteiger partial charge in [0.25, 0.3) is 0 Å². The van der Waals surface area contributed by atoms with Gasteiger partial charge in [-0.3, -0.25) is 0 Å². The van der Waals surface area contributed by atoms with Gasteiger partial charge in [-0.15, -0.1) is 11.3 Å². The third-order valence-electron chi connectivity index (χ3n) is 1.73. The molecule has 0 unspecified atom stereocenters. The fraction of sp³-hybridized carbons (Fsp3) is 0.111. The maximum absolute atomic E-state index is 6.03. The van der Waals surface area contributed by atoms with E-state index >= 15 is 0 Å². The van der Waals surface area contributed by atoms with E-state index < -0.39 is 0 Å². The molecule has 0 atom stereocenters. The zero-order valence-electron chi connectivity index (χ0n) is 6.60. The standard InChI is InChI=1S/C9H8ClNS/c1-5-2-6-4-8(11)12-9(6)7(10)3-5/h2-4H,11H2,1H3. The molecule has 0 aliphatic heterocycles. The summed E-state index contributed by atoms with van der Waals surface area (Å²) in [5.74, 6) is 0. The molecule has 2 aromatic rings. The first kappa shape index (κ1) is 7.90. The van der Waals surface area contributed by atoms with Crippen molar-refractivity contribution in [1.29, 1.82) is 0 Å². The molecule has 2 rings (SSSR count). The van der Waals surface area contributed by atoms with Crippen LogP contribution in [0.25, 0.3) is 10.1 Å². The molecule has 1 aromatic heterocycles. The van der Waals surface area contributed by atoms with Crippen LogP contribution in [0.2, 0.25) is 5.02 Å². The lowest BCUT2D eigenvalue weighted by Gasteiger charge is -1.95. The molecular weight excluding hydrogens is 190 g/mol. The molecule has 1 aromatic carbocycles. The van der Waals surface area contributed by atoms with E-state index in [4.69, 9.17) is 17.3 Å². The van der Waals surface area contributed by atoms with Gasteiger partial charge >= 0.3 is 0 Å². The average Bonchev–Trinajstić information content (AvgIpc) is 2.29. The highest BCUT2D eigenvalue weighted by molar-refractivity contribution is 7.23. The average molecular weight is 198 g/mol. The van der Waals surface area contributed by atoms with Crippen molar-refractivity contribution in [3.8, 4) is 0 Å². The quantitative estimate of drug-likeness (QED) is 0.688. The van der Waals surface area contributed by atoms with Gasteiger partial charge in [-0.05, 0) is 30.0 Å². The highest BCUT2D eigenvalue weighted by Crippen LogP contribution is 2.33. The van der Waals surface area contributed by atoms with Crippen LogP contribution in [-0.2, 0) is 0 Å². The second-order valence-electron chi connectivity index (χ2n) is 2.81. The SMILES string of the molecule is Cc1cc(Cl)c2sc(N)cc2c1. The summed E-state index contributed by atoms with van der Waals surface area (Å²) < 4.78 is 1.08. The summed E-state index contributed by atoms with van der Waals surface area (Å²) in [5, 5.41) is 2.76. The Morgan fingerprint density at radius 3 is 2.83 bits per heavy atom. The zero-order chi connectivity index (χ0) is 8.72. The molecule has 0 radical (unpaired) electrons. The Hall–Kier alpha value is -0.730. The Morgan fingerprint density at radius 2 is 2.08 bits per heavy atom. The van der Waals surface area contributed by atoms with Gasteiger partial charge in [-0.1, -0.05) is 17.7 Å². The van der Waals surface area contributed by atoms with E-state index in [0.717, 1.165) is 20.1 Å². The Bertz CT molecular complexity index is 433. The molecule has 0 bridgehead atoms. The maximum Gasteiger partial charge on any atom is 0.0869 e. The number of hydrogen-bond donors (Lipinski definition) is 1. The highest BCUT2D eigenvalue weighted by Gasteiger charge is 2.03.